The van der Waals surface area contributed by atoms with Crippen LogP contribution in [0.15, 0.2) is 60.1 Å². The third-order valence-electron chi connectivity index (χ3n) is 12.5. The molecule has 0 bridgehead atoms. The van der Waals surface area contributed by atoms with Gasteiger partial charge in [-0.1, -0.05) is 75.4 Å². The van der Waals surface area contributed by atoms with Crippen LogP contribution < -0.4 is 26.4 Å². The Morgan fingerprint density at radius 3 is 2.09 bits per heavy atom. The minimum atomic E-state index is -4.61. The van der Waals surface area contributed by atoms with Gasteiger partial charge in [-0.3, -0.25) is 33.0 Å². The van der Waals surface area contributed by atoms with Crippen molar-refractivity contribution in [3.63, 3.8) is 0 Å². The largest absolute Gasteiger partial charge is 0.461 e. The van der Waals surface area contributed by atoms with E-state index >= 15 is 8.96 Å². The lowest BCUT2D eigenvalue weighted by molar-refractivity contribution is -0.158. The van der Waals surface area contributed by atoms with Gasteiger partial charge in [-0.15, -0.1) is 11.3 Å². The summed E-state index contributed by atoms with van der Waals surface area (Å²) in [6.07, 6.45) is -1.18. The molecule has 2 aromatic carbocycles. The molecular weight excluding hydrogens is 1050 g/mol. The summed E-state index contributed by atoms with van der Waals surface area (Å²) >= 11 is 1.46. The van der Waals surface area contributed by atoms with Crippen molar-refractivity contribution in [1.29, 1.82) is 0 Å². The van der Waals surface area contributed by atoms with Crippen molar-refractivity contribution in [2.75, 3.05) is 19.7 Å². The highest BCUT2D eigenvalue weighted by atomic mass is 32.1. The van der Waals surface area contributed by atoms with E-state index < -0.39 is 115 Å². The number of carbonyl (C=O) groups excluding carboxylic acids is 7. The van der Waals surface area contributed by atoms with Gasteiger partial charge >= 0.3 is 25.8 Å². The summed E-state index contributed by atoms with van der Waals surface area (Å²) in [6, 6.07) is 10.1. The summed E-state index contributed by atoms with van der Waals surface area (Å²) in [6.45, 7) is 19.7. The van der Waals surface area contributed by atoms with Gasteiger partial charge in [-0.2, -0.15) is 0 Å². The molecule has 3 aromatic rings. The first-order valence-corrected chi connectivity index (χ1v) is 28.8. The normalized spacial score (nSPS) is 18.5. The third-order valence-corrected chi connectivity index (χ3v) is 15.3. The number of nitrogens with one attached hydrogen (secondary N) is 5. The molecule has 1 unspecified atom stereocenters. The zero-order valence-electron chi connectivity index (χ0n) is 47.0. The average molecular weight is 1130 g/mol. The van der Waals surface area contributed by atoms with Gasteiger partial charge in [0.2, 0.25) is 17.7 Å². The van der Waals surface area contributed by atoms with Gasteiger partial charge in [-0.25, -0.2) is 28.6 Å². The second kappa shape index (κ2) is 26.9. The van der Waals surface area contributed by atoms with E-state index in [1.807, 2.05) is 37.3 Å². The average Bonchev–Trinajstić information content (AvgIpc) is 3.73. The van der Waals surface area contributed by atoms with E-state index in [4.69, 9.17) is 23.3 Å². The van der Waals surface area contributed by atoms with Gasteiger partial charge in [-0.05, 0) is 117 Å². The van der Waals surface area contributed by atoms with Crippen LogP contribution in [-0.4, -0.2) is 118 Å². The highest BCUT2D eigenvalue weighted by Gasteiger charge is 2.54. The molecule has 2 aliphatic rings. The topological polar surface area (TPSA) is 259 Å². The van der Waals surface area contributed by atoms with Gasteiger partial charge in [0.15, 0.2) is 5.67 Å². The molecule has 23 heteroatoms. The molecule has 1 aromatic heterocycles. The Hall–Kier alpha value is -5.80. The second-order valence-corrected chi connectivity index (χ2v) is 25.5. The summed E-state index contributed by atoms with van der Waals surface area (Å²) in [5.74, 6) is -4.58. The van der Waals surface area contributed by atoms with E-state index in [2.05, 4.69) is 31.3 Å². The molecule has 1 aliphatic heterocycles. The van der Waals surface area contributed by atoms with Crippen LogP contribution in [0.25, 0.3) is 10.4 Å². The molecule has 5 N–H and O–H groups in total. The fraction of sp³-hybridized carbons (Fsp3) is 0.600. The number of alkyl halides is 1. The number of hydrogen-bond acceptors (Lipinski definition) is 15. The first-order valence-electron chi connectivity index (χ1n) is 26.4. The lowest BCUT2D eigenvalue weighted by Gasteiger charge is -2.36. The second-order valence-electron chi connectivity index (χ2n) is 22.9. The number of rotatable bonds is 25. The third kappa shape index (κ3) is 19.5. The molecule has 1 aliphatic carbocycles. The number of nitrogens with zero attached hydrogens (tertiary/aromatic N) is 2. The van der Waals surface area contributed by atoms with E-state index in [0.29, 0.717) is 24.8 Å². The molecule has 5 rings (SSSR count). The smallest absolute Gasteiger partial charge is 0.407 e. The lowest BCUT2D eigenvalue weighted by Crippen LogP contribution is -2.59. The van der Waals surface area contributed by atoms with Crippen molar-refractivity contribution >= 4 is 60.7 Å². The molecular formula is C55H79FN7O13PS. The van der Waals surface area contributed by atoms with Gasteiger partial charge in [0.1, 0.15) is 35.9 Å². The van der Waals surface area contributed by atoms with Crippen LogP contribution in [-0.2, 0) is 63.2 Å². The standard InChI is InChI=1S/C55H79FN7O13PS/c1-34-44(78-33-58-34)39-23-21-38(22-24-39)41(30-43(64)72-32-37-19-15-13-16-20-37)60-47(66)42-29-40(31-63(42)48(67)45(52(4,5)6)61-50(69)55(56)25-26-55)76-77(71,73-28-18-14-17-27-57-51(70)75-54(10,11)12)62-35(2)46(65)59-36(3)49(68)74-53(7,8)9/h13,15-16,19-24,33,35-36,40-42,45H,14,17-18,25-32H2,1-12H3,(H,57,70)(H,59,65)(H,60,66)(H,61,69)(H,62,71)/t35-,36-,40+,41+,42-,45+,77?/m0/s1. The number of ether oxygens (including phenoxy) is 3. The Kier molecular flexibility index (Phi) is 21.7. The minimum Gasteiger partial charge on any atom is -0.461 e. The Morgan fingerprint density at radius 2 is 1.50 bits per heavy atom. The summed E-state index contributed by atoms with van der Waals surface area (Å²) in [5.41, 5.74) is -0.00164. The fourth-order valence-electron chi connectivity index (χ4n) is 8.18. The zero-order chi connectivity index (χ0) is 57.8. The molecule has 0 spiro atoms. The number of amides is 5. The molecule has 5 amide bonds. The first-order chi connectivity index (χ1) is 36.3. The summed E-state index contributed by atoms with van der Waals surface area (Å²) < 4.78 is 58.9. The maximum absolute atomic E-state index is 15.2. The number of unbranched alkanes of at least 4 members (excludes halogenated alkanes) is 2. The van der Waals surface area contributed by atoms with Crippen LogP contribution in [0.5, 0.6) is 0 Å². The number of hydrogen-bond donors (Lipinski definition) is 5. The summed E-state index contributed by atoms with van der Waals surface area (Å²) in [4.78, 5) is 102. The number of aryl methyl sites for hydroxylation is 1. The van der Waals surface area contributed by atoms with Crippen molar-refractivity contribution in [1.82, 2.24) is 36.2 Å². The molecule has 0 radical (unpaired) electrons. The lowest BCUT2D eigenvalue weighted by atomic mass is 9.85. The predicted octanol–water partition coefficient (Wildman–Crippen LogP) is 8.07. The molecule has 1 saturated carbocycles. The number of esters is 2. The molecule has 20 nitrogen and oxygen atoms in total. The van der Waals surface area contributed by atoms with Gasteiger partial charge in [0.05, 0.1) is 47.3 Å². The Balaban J connectivity index is 1.44. The Bertz CT molecular complexity index is 2610. The van der Waals surface area contributed by atoms with E-state index in [0.717, 1.165) is 21.7 Å². The summed E-state index contributed by atoms with van der Waals surface area (Å²) in [7, 11) is -4.61. The Morgan fingerprint density at radius 1 is 0.846 bits per heavy atom. The fourth-order valence-corrected chi connectivity index (χ4v) is 10.7. The van der Waals surface area contributed by atoms with Crippen molar-refractivity contribution in [2.24, 2.45) is 5.41 Å². The zero-order valence-corrected chi connectivity index (χ0v) is 48.7. The Labute approximate surface area is 461 Å². The van der Waals surface area contributed by atoms with E-state index in [1.54, 1.807) is 92.1 Å². The van der Waals surface area contributed by atoms with Gasteiger partial charge in [0, 0.05) is 19.5 Å². The minimum absolute atomic E-state index is 0.0177. The number of halogens is 1. The van der Waals surface area contributed by atoms with E-state index in [-0.39, 0.29) is 45.4 Å². The maximum atomic E-state index is 15.2. The van der Waals surface area contributed by atoms with Crippen molar-refractivity contribution < 1.29 is 65.8 Å². The molecule has 430 valence electrons. The number of likely N-dealkylation sites (tertiary alicyclic amines) is 1. The van der Waals surface area contributed by atoms with Crippen molar-refractivity contribution in [3.05, 3.63) is 76.9 Å². The number of alkyl carbamates (subject to hydrolysis) is 1. The molecule has 1 saturated heterocycles. The van der Waals surface area contributed by atoms with E-state index in [1.165, 1.54) is 30.1 Å². The van der Waals surface area contributed by atoms with Crippen LogP contribution in [0.4, 0.5) is 9.18 Å². The highest BCUT2D eigenvalue weighted by molar-refractivity contribution is 7.51. The summed E-state index contributed by atoms with van der Waals surface area (Å²) in [5, 5.41) is 13.5. The van der Waals surface area contributed by atoms with Gasteiger partial charge < -0.3 is 40.4 Å². The molecule has 2 heterocycles. The number of carbonyl (C=O) groups is 7. The molecule has 7 atom stereocenters. The monoisotopic (exact) mass is 1130 g/mol. The number of aromatic nitrogens is 1. The molecule has 78 heavy (non-hydrogen) atoms. The number of benzene rings is 2. The van der Waals surface area contributed by atoms with Crippen LogP contribution >= 0.6 is 19.1 Å². The number of thiazole rings is 1. The predicted molar refractivity (Wildman–Crippen MR) is 291 cm³/mol. The first kappa shape index (κ1) is 63.0. The van der Waals surface area contributed by atoms with Crippen molar-refractivity contribution in [2.45, 2.75) is 188 Å². The van der Waals surface area contributed by atoms with Crippen LogP contribution in [0, 0.1) is 12.3 Å². The van der Waals surface area contributed by atoms with Crippen LogP contribution in [0.3, 0.4) is 0 Å². The quantitative estimate of drug-likeness (QED) is 0.0233. The maximum Gasteiger partial charge on any atom is 0.407 e. The van der Waals surface area contributed by atoms with Crippen LogP contribution in [0.2, 0.25) is 0 Å². The van der Waals surface area contributed by atoms with Crippen molar-refractivity contribution in [3.8, 4) is 10.4 Å². The van der Waals surface area contributed by atoms with Crippen LogP contribution in [0.1, 0.15) is 144 Å². The SMILES string of the molecule is Cc1ncsc1-c1ccc([C@@H](CC(=O)OCc2ccccc2)NC(=O)[C@@H]2C[C@@H](OP(=O)(N[C@@H](C)C(=O)N[C@@H](C)C(=O)OC(C)(C)C)OCCCCCNC(=O)OC(C)(C)C)CN2C(=O)[C@@H](NC(=O)C2(F)CC2)C(C)(C)C)cc1. The molecule has 2 fully saturated rings. The van der Waals surface area contributed by atoms with E-state index in [9.17, 15) is 33.6 Å². The highest BCUT2D eigenvalue weighted by Crippen LogP contribution is 2.48. The van der Waals surface area contributed by atoms with Gasteiger partial charge in [0.25, 0.3) is 5.91 Å².